The maximum atomic E-state index is 14.9. The molecule has 452 valence electrons. The van der Waals surface area contributed by atoms with Gasteiger partial charge in [0.25, 0.3) is 11.8 Å². The van der Waals surface area contributed by atoms with Gasteiger partial charge in [0.15, 0.2) is 0 Å². The third-order valence-corrected chi connectivity index (χ3v) is 16.1. The van der Waals surface area contributed by atoms with Crippen LogP contribution < -0.4 is 48.3 Å². The van der Waals surface area contributed by atoms with E-state index in [1.807, 2.05) is 163 Å². The van der Waals surface area contributed by atoms with Crippen molar-refractivity contribution in [1.29, 1.82) is 0 Å². The van der Waals surface area contributed by atoms with E-state index in [0.717, 1.165) is 22.3 Å². The lowest BCUT2D eigenvalue weighted by Crippen LogP contribution is -2.59. The first-order valence-electron chi connectivity index (χ1n) is 29.2. The summed E-state index contributed by atoms with van der Waals surface area (Å²) in [4.78, 5) is 117. The molecule has 5 aromatic rings. The van der Waals surface area contributed by atoms with Crippen molar-refractivity contribution >= 4 is 52.9 Å². The van der Waals surface area contributed by atoms with Gasteiger partial charge in [-0.25, -0.2) is 0 Å². The van der Waals surface area contributed by atoms with Crippen molar-refractivity contribution in [2.75, 3.05) is 46.0 Å². The van der Waals surface area contributed by atoms with Crippen LogP contribution in [0, 0.1) is 10.8 Å². The second-order valence-electron chi connectivity index (χ2n) is 24.5. The van der Waals surface area contributed by atoms with Gasteiger partial charge in [0, 0.05) is 66.9 Å². The van der Waals surface area contributed by atoms with Crippen LogP contribution in [-0.2, 0) is 28.8 Å². The Morgan fingerprint density at radius 1 is 0.494 bits per heavy atom. The summed E-state index contributed by atoms with van der Waals surface area (Å²) in [5, 5.41) is 23.9. The van der Waals surface area contributed by atoms with Gasteiger partial charge in [0.05, 0.1) is 12.1 Å². The summed E-state index contributed by atoms with van der Waals surface area (Å²) in [6.45, 7) is 14.5. The molecule has 2 fully saturated rings. The predicted octanol–water partition coefficient (Wildman–Crippen LogP) is 4.84. The number of likely N-dealkylation sites (N-methyl/N-ethyl adjacent to an activating group) is 2. The lowest BCUT2D eigenvalue weighted by molar-refractivity contribution is -0.144. The number of anilines is 1. The summed E-state index contributed by atoms with van der Waals surface area (Å²) < 4.78 is 0. The van der Waals surface area contributed by atoms with E-state index < -0.39 is 106 Å². The van der Waals surface area contributed by atoms with Crippen molar-refractivity contribution in [2.45, 2.75) is 128 Å². The summed E-state index contributed by atoms with van der Waals surface area (Å²) in [6.07, 6.45) is 0.0498. The Balaban J connectivity index is 1.11. The quantitative estimate of drug-likeness (QED) is 0.0424. The van der Waals surface area contributed by atoms with Gasteiger partial charge < -0.3 is 58.1 Å². The summed E-state index contributed by atoms with van der Waals surface area (Å²) in [5.41, 5.74) is 8.90. The standard InChI is InChI=1S/C66H85N11O8/c1-40(68-9)57(78)74-55(65(3,4)5)63(84)76-38-49(34-53(76)61(82)70-36-51(42-23-15-11-16-24-42)43-25-17-12-18-26-43)72-59(80)46-31-47(33-48(67)32-46)60(81)73-50-35-54(77(39-50)64(85)56(66(6,7)8)75-58(79)41(2)69-10)62(83)71-37-52(44-27-19-13-20-28-44)45-29-21-14-22-30-45/h11-33,40-41,49-56,68-69H,34-39,67H2,1-10H3,(H,70,82)(H,71,83)(H,72,80)(H,73,81)(H,74,78)(H,75,79)/t40-,41-,49-,50-,53-,54-,55+,56+/m0/s1. The van der Waals surface area contributed by atoms with Crippen LogP contribution >= 0.6 is 0 Å². The number of nitrogens with two attached hydrogens (primary N) is 1. The number of rotatable bonds is 22. The number of hydrogen-bond acceptors (Lipinski definition) is 11. The van der Waals surface area contributed by atoms with Gasteiger partial charge in [-0.15, -0.1) is 0 Å². The van der Waals surface area contributed by atoms with Crippen molar-refractivity contribution in [1.82, 2.24) is 52.3 Å². The van der Waals surface area contributed by atoms with Crippen LogP contribution in [0.3, 0.4) is 0 Å². The van der Waals surface area contributed by atoms with E-state index in [1.54, 1.807) is 27.9 Å². The van der Waals surface area contributed by atoms with E-state index in [2.05, 4.69) is 42.5 Å². The van der Waals surface area contributed by atoms with Crippen molar-refractivity contribution in [3.8, 4) is 0 Å². The van der Waals surface area contributed by atoms with Crippen LogP contribution in [0.2, 0.25) is 0 Å². The van der Waals surface area contributed by atoms with Gasteiger partial charge in [-0.1, -0.05) is 163 Å². The maximum Gasteiger partial charge on any atom is 0.251 e. The Hall–Kier alpha value is -8.42. The Morgan fingerprint density at radius 2 is 0.800 bits per heavy atom. The first-order valence-corrected chi connectivity index (χ1v) is 29.2. The predicted molar refractivity (Wildman–Crippen MR) is 329 cm³/mol. The largest absolute Gasteiger partial charge is 0.399 e. The van der Waals surface area contributed by atoms with Crippen LogP contribution in [0.5, 0.6) is 0 Å². The van der Waals surface area contributed by atoms with E-state index in [9.17, 15) is 38.4 Å². The normalized spacial score (nSPS) is 18.4. The van der Waals surface area contributed by atoms with Gasteiger partial charge >= 0.3 is 0 Å². The molecule has 0 radical (unpaired) electrons. The van der Waals surface area contributed by atoms with Crippen LogP contribution in [0.15, 0.2) is 140 Å². The highest BCUT2D eigenvalue weighted by Crippen LogP contribution is 2.31. The molecule has 85 heavy (non-hydrogen) atoms. The van der Waals surface area contributed by atoms with Crippen LogP contribution in [0.25, 0.3) is 0 Å². The second-order valence-corrected chi connectivity index (χ2v) is 24.5. The number of nitrogens with zero attached hydrogens (tertiary/aromatic N) is 2. The number of likely N-dealkylation sites (tertiary alicyclic amines) is 2. The molecule has 19 nitrogen and oxygen atoms in total. The summed E-state index contributed by atoms with van der Waals surface area (Å²) in [6, 6.07) is 36.3. The van der Waals surface area contributed by atoms with E-state index in [4.69, 9.17) is 5.73 Å². The first kappa shape index (κ1) is 64.1. The lowest BCUT2D eigenvalue weighted by Gasteiger charge is -2.36. The molecule has 0 saturated carbocycles. The zero-order chi connectivity index (χ0) is 61.8. The molecule has 0 bridgehead atoms. The Bertz CT molecular complexity index is 2850. The number of amides is 8. The van der Waals surface area contributed by atoms with Crippen LogP contribution in [0.4, 0.5) is 5.69 Å². The van der Waals surface area contributed by atoms with E-state index in [0.29, 0.717) is 0 Å². The van der Waals surface area contributed by atoms with Gasteiger partial charge in [0.2, 0.25) is 35.4 Å². The fraction of sp³-hybridized carbons (Fsp3) is 0.424. The van der Waals surface area contributed by atoms with Crippen molar-refractivity contribution < 1.29 is 38.4 Å². The molecule has 0 unspecified atom stereocenters. The Morgan fingerprint density at radius 3 is 1.08 bits per heavy atom. The molecule has 0 aliphatic carbocycles. The molecule has 7 rings (SSSR count). The minimum Gasteiger partial charge on any atom is -0.399 e. The van der Waals surface area contributed by atoms with Crippen LogP contribution in [0.1, 0.15) is 123 Å². The third kappa shape index (κ3) is 16.5. The van der Waals surface area contributed by atoms with Gasteiger partial charge in [-0.3, -0.25) is 38.4 Å². The SMILES string of the molecule is CN[C@@H](C)C(=O)N[C@H](C(=O)N1C[C@@H](NC(=O)c2cc(N)cc(C(=O)N[C@H]3C[C@@H](C(=O)NCC(c4ccccc4)c4ccccc4)N(C(=O)[C@@H](NC(=O)[C@H](C)NC)C(C)(C)C)C3)c2)C[C@H]1C(=O)NCC(c1ccccc1)c1ccccc1)C(C)(C)C. The highest BCUT2D eigenvalue weighted by atomic mass is 16.2. The molecule has 8 amide bonds. The summed E-state index contributed by atoms with van der Waals surface area (Å²) in [7, 11) is 3.28. The van der Waals surface area contributed by atoms with Gasteiger partial charge in [-0.05, 0) is 92.1 Å². The fourth-order valence-corrected chi connectivity index (χ4v) is 11.0. The maximum absolute atomic E-state index is 14.9. The minimum atomic E-state index is -1.06. The lowest BCUT2D eigenvalue weighted by atomic mass is 9.85. The third-order valence-electron chi connectivity index (χ3n) is 16.1. The van der Waals surface area contributed by atoms with Crippen molar-refractivity contribution in [3.63, 3.8) is 0 Å². The number of carbonyl (C=O) groups excluding carboxylic acids is 8. The average Bonchev–Trinajstić information content (AvgIpc) is 4.07. The highest BCUT2D eigenvalue weighted by molar-refractivity contribution is 6.02. The van der Waals surface area contributed by atoms with E-state index in [1.165, 1.54) is 28.0 Å². The molecule has 2 heterocycles. The topological polar surface area (TPSA) is 265 Å². The molecule has 0 spiro atoms. The number of hydrogen-bond donors (Lipinski definition) is 9. The molecular formula is C66H85N11O8. The molecular weight excluding hydrogens is 1070 g/mol. The average molecular weight is 1160 g/mol. The van der Waals surface area contributed by atoms with Gasteiger partial charge in [-0.2, -0.15) is 0 Å². The fourth-order valence-electron chi connectivity index (χ4n) is 11.0. The Labute approximate surface area is 499 Å². The van der Waals surface area contributed by atoms with E-state index in [-0.39, 0.29) is 67.7 Å². The van der Waals surface area contributed by atoms with Crippen LogP contribution in [-0.4, -0.2) is 146 Å². The highest BCUT2D eigenvalue weighted by Gasteiger charge is 2.48. The minimum absolute atomic E-state index is 0.0248. The summed E-state index contributed by atoms with van der Waals surface area (Å²) in [5.74, 6) is -4.38. The molecule has 0 aromatic heterocycles. The van der Waals surface area contributed by atoms with Crippen molar-refractivity contribution in [2.24, 2.45) is 10.8 Å². The monoisotopic (exact) mass is 1160 g/mol. The molecule has 2 saturated heterocycles. The Kier molecular flexibility index (Phi) is 21.5. The van der Waals surface area contributed by atoms with E-state index >= 15 is 0 Å². The molecule has 5 aromatic carbocycles. The zero-order valence-electron chi connectivity index (χ0n) is 50.5. The molecule has 19 heteroatoms. The number of nitrogen functional groups attached to an aromatic ring is 1. The number of nitrogens with one attached hydrogen (secondary N) is 8. The first-order chi connectivity index (χ1) is 40.4. The smallest absolute Gasteiger partial charge is 0.251 e. The number of carbonyl (C=O) groups is 8. The molecule has 8 atom stereocenters. The van der Waals surface area contributed by atoms with Gasteiger partial charge in [0.1, 0.15) is 24.2 Å². The zero-order valence-corrected chi connectivity index (χ0v) is 50.5. The molecule has 10 N–H and O–H groups in total. The second kappa shape index (κ2) is 28.4. The number of benzene rings is 5. The molecule has 2 aliphatic rings. The molecule has 2 aliphatic heterocycles. The van der Waals surface area contributed by atoms with Crippen molar-refractivity contribution in [3.05, 3.63) is 173 Å². The summed E-state index contributed by atoms with van der Waals surface area (Å²) >= 11 is 0.